The molecule has 0 radical (unpaired) electrons. The lowest BCUT2D eigenvalue weighted by Crippen LogP contribution is -2.59. The third kappa shape index (κ3) is 3.14. The fourth-order valence-corrected chi connectivity index (χ4v) is 6.01. The van der Waals surface area contributed by atoms with Crippen LogP contribution in [-0.4, -0.2) is 69.8 Å². The summed E-state index contributed by atoms with van der Waals surface area (Å²) in [6.45, 7) is 4.96. The van der Waals surface area contributed by atoms with E-state index in [-0.39, 0.29) is 41.8 Å². The number of nitriles is 1. The van der Waals surface area contributed by atoms with Crippen LogP contribution in [0.4, 0.5) is 4.39 Å². The molecule has 2 amide bonds. The Kier molecular flexibility index (Phi) is 4.61. The summed E-state index contributed by atoms with van der Waals surface area (Å²) >= 11 is 0. The van der Waals surface area contributed by atoms with Gasteiger partial charge in [0.15, 0.2) is 0 Å². The van der Waals surface area contributed by atoms with Gasteiger partial charge in [-0.05, 0) is 56.7 Å². The summed E-state index contributed by atoms with van der Waals surface area (Å²) in [7, 11) is 0. The SMILES string of the molecule is CC(C)(c1ccc(F)cc1)N1C(=O)[C@H]2C[C@@H]1CN2C[C@H](N)C(=O)N1C2C[C@H]2C[C@H]1C#N. The van der Waals surface area contributed by atoms with Crippen molar-refractivity contribution in [2.75, 3.05) is 13.1 Å². The van der Waals surface area contributed by atoms with Crippen LogP contribution in [0.1, 0.15) is 38.7 Å². The van der Waals surface area contributed by atoms with Crippen molar-refractivity contribution in [1.29, 1.82) is 5.26 Å². The highest BCUT2D eigenvalue weighted by molar-refractivity contribution is 5.87. The number of amides is 2. The molecule has 164 valence electrons. The summed E-state index contributed by atoms with van der Waals surface area (Å²) in [6.07, 6.45) is 2.43. The van der Waals surface area contributed by atoms with Crippen LogP contribution < -0.4 is 5.73 Å². The molecule has 6 atom stereocenters. The number of nitrogens with two attached hydrogens (primary N) is 1. The van der Waals surface area contributed by atoms with E-state index in [1.54, 1.807) is 17.0 Å². The third-order valence-electron chi connectivity index (χ3n) is 7.68. The Morgan fingerprint density at radius 2 is 2.00 bits per heavy atom. The van der Waals surface area contributed by atoms with E-state index >= 15 is 0 Å². The molecule has 2 bridgehead atoms. The predicted octanol–water partition coefficient (Wildman–Crippen LogP) is 1.19. The highest BCUT2D eigenvalue weighted by atomic mass is 19.1. The van der Waals surface area contributed by atoms with Gasteiger partial charge in [0.25, 0.3) is 0 Å². The van der Waals surface area contributed by atoms with Gasteiger partial charge in [-0.2, -0.15) is 5.26 Å². The fraction of sp³-hybridized carbons (Fsp3) is 0.609. The second-order valence-corrected chi connectivity index (χ2v) is 9.93. The van der Waals surface area contributed by atoms with Crippen LogP contribution in [0.3, 0.4) is 0 Å². The number of piperidine rings is 1. The van der Waals surface area contributed by atoms with E-state index in [4.69, 9.17) is 5.73 Å². The molecule has 1 aromatic rings. The molecule has 0 spiro atoms. The Morgan fingerprint density at radius 3 is 2.65 bits per heavy atom. The van der Waals surface area contributed by atoms with Crippen LogP contribution in [0, 0.1) is 23.1 Å². The normalized spacial score (nSPS) is 32.9. The number of carbonyl (C=O) groups is 2. The lowest BCUT2D eigenvalue weighted by molar-refractivity contribution is -0.144. The van der Waals surface area contributed by atoms with E-state index in [1.807, 2.05) is 23.6 Å². The molecule has 0 aromatic heterocycles. The average molecular weight is 426 g/mol. The Balaban J connectivity index is 1.26. The zero-order valence-corrected chi connectivity index (χ0v) is 17.9. The van der Waals surface area contributed by atoms with E-state index < -0.39 is 11.6 Å². The molecular formula is C23H28FN5O2. The van der Waals surface area contributed by atoms with Gasteiger partial charge in [-0.15, -0.1) is 0 Å². The summed E-state index contributed by atoms with van der Waals surface area (Å²) in [5.41, 5.74) is 6.62. The van der Waals surface area contributed by atoms with Crippen LogP contribution >= 0.6 is 0 Å². The molecule has 3 heterocycles. The zero-order chi connectivity index (χ0) is 22.1. The van der Waals surface area contributed by atoms with Crippen molar-refractivity contribution in [1.82, 2.24) is 14.7 Å². The molecule has 1 saturated carbocycles. The van der Waals surface area contributed by atoms with Gasteiger partial charge in [-0.25, -0.2) is 4.39 Å². The monoisotopic (exact) mass is 425 g/mol. The maximum atomic E-state index is 13.4. The van der Waals surface area contributed by atoms with Gasteiger partial charge in [-0.3, -0.25) is 14.5 Å². The van der Waals surface area contributed by atoms with Gasteiger partial charge in [0.05, 0.1) is 23.7 Å². The van der Waals surface area contributed by atoms with Gasteiger partial charge < -0.3 is 15.5 Å². The summed E-state index contributed by atoms with van der Waals surface area (Å²) in [5, 5.41) is 9.36. The highest BCUT2D eigenvalue weighted by Crippen LogP contribution is 2.48. The molecule has 8 heteroatoms. The van der Waals surface area contributed by atoms with Crippen LogP contribution in [0.2, 0.25) is 0 Å². The van der Waals surface area contributed by atoms with E-state index in [0.29, 0.717) is 25.4 Å². The molecule has 1 aliphatic carbocycles. The van der Waals surface area contributed by atoms with E-state index in [9.17, 15) is 19.2 Å². The number of fused-ring (bicyclic) bond motifs is 3. The quantitative estimate of drug-likeness (QED) is 0.765. The van der Waals surface area contributed by atoms with Crippen LogP contribution in [0.25, 0.3) is 0 Å². The minimum absolute atomic E-state index is 0.0311. The molecule has 7 nitrogen and oxygen atoms in total. The first-order valence-corrected chi connectivity index (χ1v) is 11.0. The van der Waals surface area contributed by atoms with Crippen molar-refractivity contribution in [3.8, 4) is 6.07 Å². The van der Waals surface area contributed by atoms with Gasteiger partial charge in [0.1, 0.15) is 11.9 Å². The minimum Gasteiger partial charge on any atom is -0.328 e. The summed E-state index contributed by atoms with van der Waals surface area (Å²) in [6, 6.07) is 7.35. The number of hydrogen-bond acceptors (Lipinski definition) is 5. The first-order chi connectivity index (χ1) is 14.7. The van der Waals surface area contributed by atoms with Crippen molar-refractivity contribution in [2.24, 2.45) is 11.7 Å². The van der Waals surface area contributed by atoms with E-state index in [2.05, 4.69) is 6.07 Å². The van der Waals surface area contributed by atoms with Crippen LogP contribution in [-0.2, 0) is 15.1 Å². The average Bonchev–Trinajstić information content (AvgIpc) is 3.06. The number of likely N-dealkylation sites (tertiary alicyclic amines) is 3. The molecule has 2 N–H and O–H groups in total. The zero-order valence-electron chi connectivity index (χ0n) is 17.9. The molecular weight excluding hydrogens is 397 g/mol. The molecule has 4 aliphatic rings. The van der Waals surface area contributed by atoms with Crippen molar-refractivity contribution in [3.05, 3.63) is 35.6 Å². The number of benzene rings is 1. The van der Waals surface area contributed by atoms with Gasteiger partial charge >= 0.3 is 0 Å². The molecule has 3 aliphatic heterocycles. The van der Waals surface area contributed by atoms with E-state index in [1.165, 1.54) is 12.1 Å². The molecule has 1 unspecified atom stereocenters. The third-order valence-corrected chi connectivity index (χ3v) is 7.68. The lowest BCUT2D eigenvalue weighted by Gasteiger charge is -2.44. The number of halogens is 1. The Labute approximate surface area is 181 Å². The van der Waals surface area contributed by atoms with Gasteiger partial charge in [0.2, 0.25) is 11.8 Å². The maximum absolute atomic E-state index is 13.4. The maximum Gasteiger partial charge on any atom is 0.242 e. The first-order valence-electron chi connectivity index (χ1n) is 11.0. The lowest BCUT2D eigenvalue weighted by atomic mass is 9.91. The van der Waals surface area contributed by atoms with Crippen LogP contribution in [0.5, 0.6) is 0 Å². The van der Waals surface area contributed by atoms with Crippen molar-refractivity contribution in [2.45, 2.75) is 68.9 Å². The van der Waals surface area contributed by atoms with Gasteiger partial charge in [-0.1, -0.05) is 12.1 Å². The predicted molar refractivity (Wildman–Crippen MR) is 111 cm³/mol. The number of nitrogens with zero attached hydrogens (tertiary/aromatic N) is 4. The Morgan fingerprint density at radius 1 is 1.29 bits per heavy atom. The summed E-state index contributed by atoms with van der Waals surface area (Å²) in [4.78, 5) is 31.8. The second kappa shape index (κ2) is 7.01. The Hall–Kier alpha value is -2.50. The van der Waals surface area contributed by atoms with Crippen molar-refractivity contribution in [3.63, 3.8) is 0 Å². The summed E-state index contributed by atoms with van der Waals surface area (Å²) in [5.74, 6) is 0.0130. The Bertz CT molecular complexity index is 958. The molecule has 5 rings (SSSR count). The smallest absolute Gasteiger partial charge is 0.242 e. The minimum atomic E-state index is -0.735. The van der Waals surface area contributed by atoms with Crippen molar-refractivity contribution < 1.29 is 14.0 Å². The summed E-state index contributed by atoms with van der Waals surface area (Å²) < 4.78 is 13.4. The topological polar surface area (TPSA) is 93.7 Å². The van der Waals surface area contributed by atoms with E-state index in [0.717, 1.165) is 18.4 Å². The first kappa shape index (κ1) is 20.4. The largest absolute Gasteiger partial charge is 0.328 e. The number of carbonyl (C=O) groups excluding carboxylic acids is 2. The standard InChI is InChI=1S/C23H28FN5O2/c1-23(2,14-3-5-15(24)6-4-14)29-17-9-20(22(29)31)27(11-17)12-18(26)21(30)28-16(10-25)7-13-8-19(13)28/h3-6,13,16-20H,7-9,11-12,26H2,1-2H3/t13-,16+,17-,18+,19?,20-/m1/s1. The number of piperazine rings is 1. The highest BCUT2D eigenvalue weighted by Gasteiger charge is 2.57. The fourth-order valence-electron chi connectivity index (χ4n) is 6.01. The number of hydrogen-bond donors (Lipinski definition) is 1. The molecule has 31 heavy (non-hydrogen) atoms. The molecule has 1 aromatic carbocycles. The van der Waals surface area contributed by atoms with Crippen LogP contribution in [0.15, 0.2) is 24.3 Å². The number of rotatable bonds is 5. The van der Waals surface area contributed by atoms with Gasteiger partial charge in [0, 0.05) is 25.2 Å². The van der Waals surface area contributed by atoms with Crippen molar-refractivity contribution >= 4 is 11.8 Å². The molecule has 3 saturated heterocycles. The molecule has 4 fully saturated rings. The second-order valence-electron chi connectivity index (χ2n) is 9.93.